The van der Waals surface area contributed by atoms with Gasteiger partial charge in [0.2, 0.25) is 0 Å². The molecule has 1 heterocycles. The first-order valence-electron chi connectivity index (χ1n) is 12.9. The SMILES string of the molecule is N#Cc1cncc(COc2cc(O[C@H]3CCc4c(-c5ccccc5F)cccc43)c(Cl)cc2CNCC(=O)NO)c1. The van der Waals surface area contributed by atoms with E-state index in [0.717, 1.165) is 23.1 Å². The van der Waals surface area contributed by atoms with Crippen LogP contribution in [0.5, 0.6) is 11.5 Å². The molecule has 0 bridgehead atoms. The lowest BCUT2D eigenvalue weighted by atomic mass is 9.96. The minimum atomic E-state index is -0.590. The van der Waals surface area contributed by atoms with Crippen molar-refractivity contribution >= 4 is 17.5 Å². The molecule has 41 heavy (non-hydrogen) atoms. The van der Waals surface area contributed by atoms with Crippen LogP contribution >= 0.6 is 11.6 Å². The Morgan fingerprint density at radius 3 is 2.76 bits per heavy atom. The van der Waals surface area contributed by atoms with E-state index in [1.54, 1.807) is 42.0 Å². The van der Waals surface area contributed by atoms with Crippen molar-refractivity contribution < 1.29 is 23.9 Å². The zero-order chi connectivity index (χ0) is 28.8. The number of carbonyl (C=O) groups excluding carboxylic acids is 1. The first kappa shape index (κ1) is 28.1. The van der Waals surface area contributed by atoms with E-state index in [0.29, 0.717) is 45.2 Å². The molecule has 0 spiro atoms. The molecular weight excluding hydrogens is 547 g/mol. The highest BCUT2D eigenvalue weighted by molar-refractivity contribution is 6.32. The average molecular weight is 573 g/mol. The Balaban J connectivity index is 1.41. The topological polar surface area (TPSA) is 117 Å². The Bertz CT molecular complexity index is 1620. The van der Waals surface area contributed by atoms with Crippen LogP contribution in [-0.4, -0.2) is 22.6 Å². The number of carbonyl (C=O) groups is 1. The van der Waals surface area contributed by atoms with E-state index < -0.39 is 5.91 Å². The fourth-order valence-corrected chi connectivity index (χ4v) is 5.13. The van der Waals surface area contributed by atoms with Gasteiger partial charge in [-0.3, -0.25) is 15.0 Å². The summed E-state index contributed by atoms with van der Waals surface area (Å²) < 4.78 is 27.1. The number of hydrogen-bond acceptors (Lipinski definition) is 7. The van der Waals surface area contributed by atoms with Gasteiger partial charge in [-0.05, 0) is 47.7 Å². The lowest BCUT2D eigenvalue weighted by Gasteiger charge is -2.20. The summed E-state index contributed by atoms with van der Waals surface area (Å²) >= 11 is 6.66. The van der Waals surface area contributed by atoms with E-state index in [2.05, 4.69) is 16.4 Å². The molecule has 1 aromatic heterocycles. The van der Waals surface area contributed by atoms with Gasteiger partial charge in [0.25, 0.3) is 5.91 Å². The number of rotatable bonds is 10. The van der Waals surface area contributed by atoms with Crippen LogP contribution in [0.3, 0.4) is 0 Å². The predicted octanol–water partition coefficient (Wildman–Crippen LogP) is 5.65. The number of hydrogen-bond donors (Lipinski definition) is 3. The van der Waals surface area contributed by atoms with Gasteiger partial charge in [-0.25, -0.2) is 9.87 Å². The molecule has 1 atom stereocenters. The molecule has 0 saturated heterocycles. The number of nitrogens with one attached hydrogen (secondary N) is 2. The fourth-order valence-electron chi connectivity index (χ4n) is 4.90. The summed E-state index contributed by atoms with van der Waals surface area (Å²) in [7, 11) is 0. The molecule has 3 aromatic carbocycles. The van der Waals surface area contributed by atoms with Crippen LogP contribution in [0.2, 0.25) is 5.02 Å². The molecule has 3 N–H and O–H groups in total. The molecule has 0 aliphatic heterocycles. The number of nitrogens with zero attached hydrogens (tertiary/aromatic N) is 2. The summed E-state index contributed by atoms with van der Waals surface area (Å²) in [4.78, 5) is 15.5. The normalized spacial score (nSPS) is 13.8. The lowest BCUT2D eigenvalue weighted by molar-refractivity contribution is -0.128. The van der Waals surface area contributed by atoms with Gasteiger partial charge < -0.3 is 14.8 Å². The number of pyridine rings is 1. The molecule has 1 aliphatic rings. The number of ether oxygens (including phenoxy) is 2. The highest BCUT2D eigenvalue weighted by Crippen LogP contribution is 2.43. The number of halogens is 2. The van der Waals surface area contributed by atoms with E-state index >= 15 is 0 Å². The summed E-state index contributed by atoms with van der Waals surface area (Å²) in [5.74, 6) is 0.0115. The molecule has 4 aromatic rings. The summed E-state index contributed by atoms with van der Waals surface area (Å²) in [5.41, 5.74) is 6.78. The van der Waals surface area contributed by atoms with Gasteiger partial charge in [-0.2, -0.15) is 5.26 Å². The van der Waals surface area contributed by atoms with Gasteiger partial charge in [0.15, 0.2) is 0 Å². The third kappa shape index (κ3) is 6.47. The third-order valence-electron chi connectivity index (χ3n) is 6.81. The molecule has 0 fully saturated rings. The van der Waals surface area contributed by atoms with Crippen LogP contribution < -0.4 is 20.3 Å². The molecular formula is C31H26ClFN4O4. The summed E-state index contributed by atoms with van der Waals surface area (Å²) in [6.45, 7) is 0.229. The molecule has 1 amide bonds. The standard InChI is InChI=1S/C31H26ClFN4O4/c32-26-11-21(16-36-17-31(38)37-39)29(40-18-20-10-19(13-34)14-35-15-20)12-30(26)41-28-9-8-23-22(5-3-6-25(23)28)24-4-1-2-7-27(24)33/h1-7,10-12,14-15,28,36,39H,8-9,16-18H2,(H,37,38)/t28-/m0/s1. The van der Waals surface area contributed by atoms with Crippen LogP contribution in [0.1, 0.15) is 40.3 Å². The van der Waals surface area contributed by atoms with Gasteiger partial charge in [-0.15, -0.1) is 0 Å². The third-order valence-corrected chi connectivity index (χ3v) is 7.10. The maximum Gasteiger partial charge on any atom is 0.257 e. The Hall–Kier alpha value is -4.49. The minimum absolute atomic E-state index is 0.122. The van der Waals surface area contributed by atoms with E-state index in [-0.39, 0.29) is 31.6 Å². The number of fused-ring (bicyclic) bond motifs is 1. The zero-order valence-electron chi connectivity index (χ0n) is 21.9. The van der Waals surface area contributed by atoms with E-state index in [1.165, 1.54) is 12.3 Å². The van der Waals surface area contributed by atoms with Gasteiger partial charge in [0.05, 0.1) is 17.1 Å². The van der Waals surface area contributed by atoms with Crippen molar-refractivity contribution in [3.05, 3.63) is 112 Å². The van der Waals surface area contributed by atoms with Crippen molar-refractivity contribution in [3.8, 4) is 28.7 Å². The van der Waals surface area contributed by atoms with E-state index in [9.17, 15) is 14.4 Å². The van der Waals surface area contributed by atoms with Crippen molar-refractivity contribution in [3.63, 3.8) is 0 Å². The molecule has 0 saturated carbocycles. The fraction of sp³-hybridized carbons (Fsp3) is 0.194. The van der Waals surface area contributed by atoms with Crippen molar-refractivity contribution in [2.75, 3.05) is 6.54 Å². The summed E-state index contributed by atoms with van der Waals surface area (Å²) in [5, 5.41) is 21.2. The lowest BCUT2D eigenvalue weighted by Crippen LogP contribution is -2.31. The number of amides is 1. The Kier molecular flexibility index (Phi) is 8.75. The van der Waals surface area contributed by atoms with Crippen LogP contribution in [0.4, 0.5) is 4.39 Å². The van der Waals surface area contributed by atoms with Crippen LogP contribution in [-0.2, 0) is 24.4 Å². The second kappa shape index (κ2) is 12.8. The number of hydroxylamine groups is 1. The quantitative estimate of drug-likeness (QED) is 0.166. The molecule has 0 radical (unpaired) electrons. The zero-order valence-corrected chi connectivity index (χ0v) is 22.6. The smallest absolute Gasteiger partial charge is 0.257 e. The second-order valence-corrected chi connectivity index (χ2v) is 9.92. The van der Waals surface area contributed by atoms with E-state index in [4.69, 9.17) is 26.3 Å². The summed E-state index contributed by atoms with van der Waals surface area (Å²) in [6, 6.07) is 19.7. The molecule has 0 unspecified atom stereocenters. The van der Waals surface area contributed by atoms with Gasteiger partial charge in [0.1, 0.15) is 36.1 Å². The van der Waals surface area contributed by atoms with E-state index in [1.807, 2.05) is 24.3 Å². The van der Waals surface area contributed by atoms with Gasteiger partial charge >= 0.3 is 0 Å². The first-order valence-corrected chi connectivity index (χ1v) is 13.3. The maximum atomic E-state index is 14.6. The number of aromatic nitrogens is 1. The Labute approximate surface area is 241 Å². The summed E-state index contributed by atoms with van der Waals surface area (Å²) in [6.07, 6.45) is 4.20. The Morgan fingerprint density at radius 1 is 1.12 bits per heavy atom. The van der Waals surface area contributed by atoms with Crippen LogP contribution in [0.25, 0.3) is 11.1 Å². The number of nitriles is 1. The van der Waals surface area contributed by atoms with Crippen molar-refractivity contribution in [1.29, 1.82) is 5.26 Å². The molecule has 5 rings (SSSR count). The van der Waals surface area contributed by atoms with Crippen molar-refractivity contribution in [2.45, 2.75) is 32.1 Å². The van der Waals surface area contributed by atoms with Gasteiger partial charge in [0, 0.05) is 41.7 Å². The minimum Gasteiger partial charge on any atom is -0.488 e. The molecule has 208 valence electrons. The highest BCUT2D eigenvalue weighted by atomic mass is 35.5. The first-order chi connectivity index (χ1) is 20.0. The number of benzene rings is 3. The largest absolute Gasteiger partial charge is 0.488 e. The average Bonchev–Trinajstić information content (AvgIpc) is 3.41. The maximum absolute atomic E-state index is 14.6. The predicted molar refractivity (Wildman–Crippen MR) is 150 cm³/mol. The molecule has 1 aliphatic carbocycles. The van der Waals surface area contributed by atoms with Crippen molar-refractivity contribution in [1.82, 2.24) is 15.8 Å². The second-order valence-electron chi connectivity index (χ2n) is 9.51. The molecule has 10 heteroatoms. The molecule has 8 nitrogen and oxygen atoms in total. The van der Waals surface area contributed by atoms with Crippen LogP contribution in [0, 0.1) is 17.1 Å². The highest BCUT2D eigenvalue weighted by Gasteiger charge is 2.28. The van der Waals surface area contributed by atoms with Gasteiger partial charge in [-0.1, -0.05) is 48.0 Å². The van der Waals surface area contributed by atoms with Crippen molar-refractivity contribution in [2.24, 2.45) is 0 Å². The Morgan fingerprint density at radius 2 is 1.95 bits per heavy atom. The monoisotopic (exact) mass is 572 g/mol. The van der Waals surface area contributed by atoms with Crippen LogP contribution in [0.15, 0.2) is 73.1 Å².